The van der Waals surface area contributed by atoms with Crippen molar-refractivity contribution in [3.05, 3.63) is 29.8 Å². The summed E-state index contributed by atoms with van der Waals surface area (Å²) in [6, 6.07) is 5.79. The van der Waals surface area contributed by atoms with Gasteiger partial charge in [-0.05, 0) is 25.5 Å². The van der Waals surface area contributed by atoms with E-state index in [0.717, 1.165) is 5.56 Å². The van der Waals surface area contributed by atoms with Crippen molar-refractivity contribution in [1.82, 2.24) is 5.32 Å². The number of ether oxygens (including phenoxy) is 1. The van der Waals surface area contributed by atoms with Gasteiger partial charge in [0.2, 0.25) is 0 Å². The highest BCUT2D eigenvalue weighted by Gasteiger charge is 2.20. The Morgan fingerprint density at radius 3 is 2.33 bits per heavy atom. The molecule has 0 aliphatic carbocycles. The molecule has 0 unspecified atom stereocenters. The van der Waals surface area contributed by atoms with Gasteiger partial charge in [0.05, 0.1) is 0 Å². The highest BCUT2D eigenvalue weighted by molar-refractivity contribution is 5.84. The first-order valence-electron chi connectivity index (χ1n) is 6.32. The monoisotopic (exact) mass is 295 g/mol. The van der Waals surface area contributed by atoms with E-state index in [1.165, 1.54) is 0 Å². The van der Waals surface area contributed by atoms with E-state index in [-0.39, 0.29) is 19.4 Å². The van der Waals surface area contributed by atoms with E-state index >= 15 is 0 Å². The van der Waals surface area contributed by atoms with Gasteiger partial charge in [-0.15, -0.1) is 0 Å². The highest BCUT2D eigenvalue weighted by atomic mass is 16.5. The number of nitrogens with one attached hydrogen (secondary N) is 1. The van der Waals surface area contributed by atoms with Gasteiger partial charge in [-0.1, -0.05) is 17.7 Å². The van der Waals surface area contributed by atoms with E-state index in [4.69, 9.17) is 14.9 Å². The van der Waals surface area contributed by atoms with E-state index in [1.807, 2.05) is 19.1 Å². The number of hydrogen-bond acceptors (Lipinski definition) is 4. The molecule has 7 heteroatoms. The minimum Gasteiger partial charge on any atom is -0.484 e. The van der Waals surface area contributed by atoms with Crippen molar-refractivity contribution in [2.45, 2.75) is 25.8 Å². The zero-order chi connectivity index (χ0) is 15.8. The zero-order valence-corrected chi connectivity index (χ0v) is 11.5. The van der Waals surface area contributed by atoms with Crippen LogP contribution in [0, 0.1) is 6.92 Å². The lowest BCUT2D eigenvalue weighted by Gasteiger charge is -2.14. The van der Waals surface area contributed by atoms with Gasteiger partial charge in [0, 0.05) is 6.42 Å². The smallest absolute Gasteiger partial charge is 0.326 e. The van der Waals surface area contributed by atoms with Gasteiger partial charge in [0.25, 0.3) is 5.91 Å². The third-order valence-corrected chi connectivity index (χ3v) is 2.67. The van der Waals surface area contributed by atoms with Gasteiger partial charge in [0.1, 0.15) is 11.8 Å². The molecule has 0 saturated heterocycles. The van der Waals surface area contributed by atoms with E-state index in [0.29, 0.717) is 5.75 Å². The molecule has 1 amide bonds. The number of carboxylic acid groups (broad SMARTS) is 2. The summed E-state index contributed by atoms with van der Waals surface area (Å²) in [5.41, 5.74) is 1.05. The number of aryl methyl sites for hydroxylation is 1. The second-order valence-corrected chi connectivity index (χ2v) is 4.49. The molecule has 0 heterocycles. The summed E-state index contributed by atoms with van der Waals surface area (Å²) in [5, 5.41) is 19.7. The molecule has 7 nitrogen and oxygen atoms in total. The van der Waals surface area contributed by atoms with Crippen molar-refractivity contribution < 1.29 is 29.3 Å². The van der Waals surface area contributed by atoms with Crippen molar-refractivity contribution in [2.75, 3.05) is 6.61 Å². The molecule has 0 bridgehead atoms. The maximum atomic E-state index is 11.6. The Morgan fingerprint density at radius 2 is 1.81 bits per heavy atom. The number of amides is 1. The normalized spacial score (nSPS) is 11.5. The fraction of sp³-hybridized carbons (Fsp3) is 0.357. The lowest BCUT2D eigenvalue weighted by Crippen LogP contribution is -2.43. The Bertz CT molecular complexity index is 511. The minimum absolute atomic E-state index is 0.180. The van der Waals surface area contributed by atoms with Crippen LogP contribution in [0.15, 0.2) is 24.3 Å². The molecule has 3 N–H and O–H groups in total. The summed E-state index contributed by atoms with van der Waals surface area (Å²) in [7, 11) is 0. The van der Waals surface area contributed by atoms with E-state index in [2.05, 4.69) is 5.32 Å². The largest absolute Gasteiger partial charge is 0.484 e. The number of rotatable bonds is 8. The quantitative estimate of drug-likeness (QED) is 0.654. The second kappa shape index (κ2) is 7.88. The number of carbonyl (C=O) groups is 3. The number of aliphatic carboxylic acids is 2. The Morgan fingerprint density at radius 1 is 1.19 bits per heavy atom. The first-order chi connectivity index (χ1) is 9.88. The van der Waals surface area contributed by atoms with E-state index in [1.54, 1.807) is 12.1 Å². The Balaban J connectivity index is 2.44. The fourth-order valence-corrected chi connectivity index (χ4v) is 1.54. The fourth-order valence-electron chi connectivity index (χ4n) is 1.54. The number of benzene rings is 1. The molecular formula is C14H17NO6. The van der Waals surface area contributed by atoms with E-state index < -0.39 is 23.9 Å². The van der Waals surface area contributed by atoms with Gasteiger partial charge in [-0.25, -0.2) is 4.79 Å². The molecule has 1 atom stereocenters. The average Bonchev–Trinajstić information content (AvgIpc) is 2.42. The third kappa shape index (κ3) is 6.42. The van der Waals surface area contributed by atoms with Crippen LogP contribution in [0.5, 0.6) is 5.75 Å². The molecule has 1 aromatic carbocycles. The van der Waals surface area contributed by atoms with Crippen molar-refractivity contribution >= 4 is 17.8 Å². The van der Waals surface area contributed by atoms with Crippen molar-refractivity contribution in [3.63, 3.8) is 0 Å². The molecule has 114 valence electrons. The van der Waals surface area contributed by atoms with Crippen LogP contribution in [-0.2, 0) is 14.4 Å². The molecule has 0 saturated carbocycles. The summed E-state index contributed by atoms with van der Waals surface area (Å²) in [5.74, 6) is -2.52. The molecule has 1 aromatic rings. The molecule has 0 radical (unpaired) electrons. The molecule has 1 rings (SSSR count). The standard InChI is InChI=1S/C14H17NO6/c1-9-2-4-10(5-3-9)21-8-12(16)15-11(14(19)20)6-7-13(17)18/h2-5,11H,6-8H2,1H3,(H,15,16)(H,17,18)(H,19,20)/t11-/m0/s1. The molecule has 21 heavy (non-hydrogen) atoms. The Kier molecular flexibility index (Phi) is 6.19. The average molecular weight is 295 g/mol. The van der Waals surface area contributed by atoms with Gasteiger partial charge in [-0.3, -0.25) is 9.59 Å². The lowest BCUT2D eigenvalue weighted by atomic mass is 10.1. The van der Waals surface area contributed by atoms with Crippen LogP contribution in [0.1, 0.15) is 18.4 Å². The highest BCUT2D eigenvalue weighted by Crippen LogP contribution is 2.11. The van der Waals surface area contributed by atoms with Crippen molar-refractivity contribution in [3.8, 4) is 5.75 Å². The Labute approximate surface area is 121 Å². The van der Waals surface area contributed by atoms with Crippen molar-refractivity contribution in [1.29, 1.82) is 0 Å². The zero-order valence-electron chi connectivity index (χ0n) is 11.5. The summed E-state index contributed by atoms with van der Waals surface area (Å²) in [4.78, 5) is 32.9. The second-order valence-electron chi connectivity index (χ2n) is 4.49. The van der Waals surface area contributed by atoms with Crippen LogP contribution in [0.25, 0.3) is 0 Å². The van der Waals surface area contributed by atoms with Crippen LogP contribution >= 0.6 is 0 Å². The summed E-state index contributed by atoms with van der Waals surface area (Å²) in [6.07, 6.45) is -0.517. The number of carboxylic acids is 2. The minimum atomic E-state index is -1.28. The predicted molar refractivity (Wildman–Crippen MR) is 73.1 cm³/mol. The maximum Gasteiger partial charge on any atom is 0.326 e. The summed E-state index contributed by atoms with van der Waals surface area (Å²) in [6.45, 7) is 1.58. The van der Waals surface area contributed by atoms with Crippen LogP contribution in [0.3, 0.4) is 0 Å². The molecular weight excluding hydrogens is 278 g/mol. The van der Waals surface area contributed by atoms with Gasteiger partial charge in [-0.2, -0.15) is 0 Å². The number of hydrogen-bond donors (Lipinski definition) is 3. The first-order valence-corrected chi connectivity index (χ1v) is 6.32. The molecule has 0 spiro atoms. The van der Waals surface area contributed by atoms with Crippen LogP contribution in [0.2, 0.25) is 0 Å². The summed E-state index contributed by atoms with van der Waals surface area (Å²) < 4.78 is 5.21. The molecule has 0 aliphatic rings. The van der Waals surface area contributed by atoms with Gasteiger partial charge < -0.3 is 20.3 Å². The SMILES string of the molecule is Cc1ccc(OCC(=O)N[C@@H](CCC(=O)O)C(=O)O)cc1. The van der Waals surface area contributed by atoms with Gasteiger partial charge in [0.15, 0.2) is 6.61 Å². The number of carbonyl (C=O) groups excluding carboxylic acids is 1. The van der Waals surface area contributed by atoms with Crippen molar-refractivity contribution in [2.24, 2.45) is 0 Å². The maximum absolute atomic E-state index is 11.6. The molecule has 0 aliphatic heterocycles. The Hall–Kier alpha value is -2.57. The van der Waals surface area contributed by atoms with Crippen LogP contribution < -0.4 is 10.1 Å². The van der Waals surface area contributed by atoms with Gasteiger partial charge >= 0.3 is 11.9 Å². The summed E-state index contributed by atoms with van der Waals surface area (Å²) >= 11 is 0. The van der Waals surface area contributed by atoms with Crippen LogP contribution in [0.4, 0.5) is 0 Å². The third-order valence-electron chi connectivity index (χ3n) is 2.67. The van der Waals surface area contributed by atoms with Crippen LogP contribution in [-0.4, -0.2) is 40.7 Å². The topological polar surface area (TPSA) is 113 Å². The molecule has 0 aromatic heterocycles. The lowest BCUT2D eigenvalue weighted by molar-refractivity contribution is -0.143. The molecule has 0 fully saturated rings. The predicted octanol–water partition coefficient (Wildman–Crippen LogP) is 0.808. The first kappa shape index (κ1) is 16.5. The van der Waals surface area contributed by atoms with E-state index in [9.17, 15) is 14.4 Å².